The van der Waals surface area contributed by atoms with Crippen molar-refractivity contribution in [3.8, 4) is 62.5 Å². The summed E-state index contributed by atoms with van der Waals surface area (Å²) in [5, 5.41) is 5.03. The van der Waals surface area contributed by atoms with Gasteiger partial charge >= 0.3 is 0 Å². The fourth-order valence-electron chi connectivity index (χ4n) is 8.96. The van der Waals surface area contributed by atoms with Crippen LogP contribution in [0.25, 0.3) is 128 Å². The van der Waals surface area contributed by atoms with Gasteiger partial charge in [0.05, 0.1) is 11.0 Å². The first-order valence-electron chi connectivity index (χ1n) is 20.8. The van der Waals surface area contributed by atoms with Gasteiger partial charge in [0, 0.05) is 49.2 Å². The third kappa shape index (κ3) is 5.66. The second-order valence-electron chi connectivity index (χ2n) is 15.6. The van der Waals surface area contributed by atoms with E-state index >= 15 is 0 Å². The van der Waals surface area contributed by atoms with Gasteiger partial charge in [-0.2, -0.15) is 9.97 Å². The number of aromatic nitrogens is 6. The van der Waals surface area contributed by atoms with Gasteiger partial charge in [-0.25, -0.2) is 15.0 Å². The Morgan fingerprint density at radius 1 is 0.349 bits per heavy atom. The van der Waals surface area contributed by atoms with Crippen LogP contribution in [0.5, 0.6) is 0 Å². The summed E-state index contributed by atoms with van der Waals surface area (Å²) in [4.78, 5) is 25.9. The lowest BCUT2D eigenvalue weighted by molar-refractivity contribution is 0.667. The fraction of sp³-hybridized carbons (Fsp3) is 0. The highest BCUT2D eigenvalue weighted by atomic mass is 16.3. The molecule has 0 aliphatic heterocycles. The van der Waals surface area contributed by atoms with Gasteiger partial charge in [-0.3, -0.25) is 4.57 Å². The van der Waals surface area contributed by atoms with Gasteiger partial charge < -0.3 is 8.83 Å². The summed E-state index contributed by atoms with van der Waals surface area (Å²) in [5.41, 5.74) is 12.2. The normalized spacial score (nSPS) is 11.8. The number of furan rings is 2. The van der Waals surface area contributed by atoms with Crippen LogP contribution in [0.1, 0.15) is 0 Å². The Hall–Kier alpha value is -8.75. The van der Waals surface area contributed by atoms with Crippen molar-refractivity contribution in [2.45, 2.75) is 0 Å². The zero-order chi connectivity index (χ0) is 41.4. The molecule has 0 unspecified atom stereocenters. The molecule has 0 aliphatic carbocycles. The number of nitrogens with zero attached hydrogens (tertiary/aromatic N) is 6. The summed E-state index contributed by atoms with van der Waals surface area (Å²) in [6.07, 6.45) is 0. The summed E-state index contributed by atoms with van der Waals surface area (Å²) < 4.78 is 15.2. The molecular formula is C55H32N6O2. The van der Waals surface area contributed by atoms with Crippen molar-refractivity contribution in [2.24, 2.45) is 0 Å². The van der Waals surface area contributed by atoms with Crippen LogP contribution in [0.3, 0.4) is 0 Å². The summed E-state index contributed by atoms with van der Waals surface area (Å²) in [5.74, 6) is 2.21. The van der Waals surface area contributed by atoms with E-state index in [2.05, 4.69) is 89.5 Å². The number of rotatable bonds is 6. The average Bonchev–Trinajstić information content (AvgIpc) is 4.03. The van der Waals surface area contributed by atoms with Gasteiger partial charge in [-0.1, -0.05) is 146 Å². The van der Waals surface area contributed by atoms with Crippen LogP contribution >= 0.6 is 0 Å². The molecule has 0 saturated heterocycles. The minimum absolute atomic E-state index is 0.526. The van der Waals surface area contributed by atoms with Crippen LogP contribution in [0.2, 0.25) is 0 Å². The molecule has 13 aromatic rings. The van der Waals surface area contributed by atoms with E-state index in [1.165, 1.54) is 0 Å². The van der Waals surface area contributed by atoms with Crippen LogP contribution in [0, 0.1) is 0 Å². The molecule has 294 valence electrons. The third-order valence-electron chi connectivity index (χ3n) is 11.9. The summed E-state index contributed by atoms with van der Waals surface area (Å²) in [7, 11) is 0. The summed E-state index contributed by atoms with van der Waals surface area (Å²) in [6.45, 7) is 0. The van der Waals surface area contributed by atoms with Crippen LogP contribution in [-0.4, -0.2) is 29.5 Å². The van der Waals surface area contributed by atoms with Crippen molar-refractivity contribution in [1.29, 1.82) is 0 Å². The SMILES string of the molecule is c1ccc(-c2ccc3c(c2)c2ccccc2n3-c2nc(-c3ccccc3)nc(-c3ccc4c(c3)oc3cccc(-c5nc(-c6ccccc6)c6oc7ccccc7c6n5)c34)n2)cc1. The largest absolute Gasteiger partial charge is 0.456 e. The molecule has 8 nitrogen and oxygen atoms in total. The zero-order valence-corrected chi connectivity index (χ0v) is 33.5. The molecule has 8 aromatic carbocycles. The lowest BCUT2D eigenvalue weighted by Crippen LogP contribution is -2.06. The van der Waals surface area contributed by atoms with Crippen molar-refractivity contribution >= 4 is 65.8 Å². The van der Waals surface area contributed by atoms with Crippen LogP contribution < -0.4 is 0 Å². The lowest BCUT2D eigenvalue weighted by atomic mass is 10.0. The quantitative estimate of drug-likeness (QED) is 0.165. The Labute approximate surface area is 359 Å². The topological polar surface area (TPSA) is 95.7 Å². The van der Waals surface area contributed by atoms with Crippen LogP contribution in [-0.2, 0) is 0 Å². The van der Waals surface area contributed by atoms with Gasteiger partial charge in [0.2, 0.25) is 5.95 Å². The molecule has 0 atom stereocenters. The van der Waals surface area contributed by atoms with Crippen LogP contribution in [0.15, 0.2) is 203 Å². The Bertz CT molecular complexity index is 3910. The maximum absolute atomic E-state index is 6.66. The van der Waals surface area contributed by atoms with Crippen molar-refractivity contribution in [3.63, 3.8) is 0 Å². The first-order valence-corrected chi connectivity index (χ1v) is 20.8. The zero-order valence-electron chi connectivity index (χ0n) is 33.5. The number of hydrogen-bond donors (Lipinski definition) is 0. The maximum Gasteiger partial charge on any atom is 0.238 e. The molecular weight excluding hydrogens is 777 g/mol. The Morgan fingerprint density at radius 3 is 1.81 bits per heavy atom. The summed E-state index contributed by atoms with van der Waals surface area (Å²) in [6, 6.07) is 65.8. The molecule has 0 N–H and O–H groups in total. The fourth-order valence-corrected chi connectivity index (χ4v) is 8.96. The second-order valence-corrected chi connectivity index (χ2v) is 15.6. The predicted molar refractivity (Wildman–Crippen MR) is 251 cm³/mol. The smallest absolute Gasteiger partial charge is 0.238 e. The van der Waals surface area contributed by atoms with E-state index in [1.807, 2.05) is 109 Å². The number of para-hydroxylation sites is 2. The Balaban J connectivity index is 0.992. The molecule has 5 aromatic heterocycles. The van der Waals surface area contributed by atoms with E-state index in [0.29, 0.717) is 34.6 Å². The molecule has 13 rings (SSSR count). The van der Waals surface area contributed by atoms with E-state index < -0.39 is 0 Å². The molecule has 8 heteroatoms. The van der Waals surface area contributed by atoms with Crippen molar-refractivity contribution < 1.29 is 8.83 Å². The summed E-state index contributed by atoms with van der Waals surface area (Å²) >= 11 is 0. The van der Waals surface area contributed by atoms with Gasteiger partial charge in [0.25, 0.3) is 0 Å². The standard InChI is InChI=1S/C55H32N6O2/c1-4-15-33(16-5-1)36-28-30-44-42(31-36)38-21-10-12-24-43(38)61(44)55-59-52(35-19-8-3-9-20-35)58-53(60-55)37-27-29-39-47(32-37)62-46-26-14-23-41(48(39)46)54-56-49(34-17-6-2-7-18-34)51-50(57-54)40-22-11-13-25-45(40)63-51/h1-32H. The van der Waals surface area contributed by atoms with E-state index in [9.17, 15) is 0 Å². The van der Waals surface area contributed by atoms with E-state index in [0.717, 1.165) is 93.7 Å². The molecule has 0 fully saturated rings. The van der Waals surface area contributed by atoms with Gasteiger partial charge in [-0.05, 0) is 59.7 Å². The Morgan fingerprint density at radius 2 is 1.00 bits per heavy atom. The molecule has 0 bridgehead atoms. The molecule has 0 spiro atoms. The van der Waals surface area contributed by atoms with E-state index in [-0.39, 0.29) is 0 Å². The molecule has 0 radical (unpaired) electrons. The van der Waals surface area contributed by atoms with E-state index in [1.54, 1.807) is 0 Å². The lowest BCUT2D eigenvalue weighted by Gasteiger charge is -2.11. The number of hydrogen-bond acceptors (Lipinski definition) is 7. The highest BCUT2D eigenvalue weighted by Crippen LogP contribution is 2.41. The molecule has 63 heavy (non-hydrogen) atoms. The van der Waals surface area contributed by atoms with Gasteiger partial charge in [0.15, 0.2) is 23.1 Å². The van der Waals surface area contributed by atoms with Crippen molar-refractivity contribution in [2.75, 3.05) is 0 Å². The van der Waals surface area contributed by atoms with Crippen molar-refractivity contribution in [3.05, 3.63) is 194 Å². The molecule has 0 saturated carbocycles. The second kappa shape index (κ2) is 13.9. The van der Waals surface area contributed by atoms with Crippen LogP contribution in [0.4, 0.5) is 0 Å². The average molecular weight is 809 g/mol. The first kappa shape index (κ1) is 35.0. The van der Waals surface area contributed by atoms with Gasteiger partial charge in [0.1, 0.15) is 28.0 Å². The number of benzene rings is 8. The van der Waals surface area contributed by atoms with Gasteiger partial charge in [-0.15, -0.1) is 0 Å². The monoisotopic (exact) mass is 808 g/mol. The molecule has 0 aliphatic rings. The molecule has 0 amide bonds. The minimum atomic E-state index is 0.526. The highest BCUT2D eigenvalue weighted by Gasteiger charge is 2.23. The number of fused-ring (bicyclic) bond motifs is 9. The third-order valence-corrected chi connectivity index (χ3v) is 11.9. The minimum Gasteiger partial charge on any atom is -0.456 e. The van der Waals surface area contributed by atoms with Crippen molar-refractivity contribution in [1.82, 2.24) is 29.5 Å². The maximum atomic E-state index is 6.66. The predicted octanol–water partition coefficient (Wildman–Crippen LogP) is 13.9. The van der Waals surface area contributed by atoms with E-state index in [4.69, 9.17) is 33.8 Å². The highest BCUT2D eigenvalue weighted by molar-refractivity contribution is 6.14. The Kier molecular flexibility index (Phi) is 7.74. The molecule has 5 heterocycles. The first-order chi connectivity index (χ1) is 31.2.